The lowest BCUT2D eigenvalue weighted by Gasteiger charge is -2.30. The number of benzene rings is 2. The lowest BCUT2D eigenvalue weighted by molar-refractivity contribution is 0.261. The summed E-state index contributed by atoms with van der Waals surface area (Å²) in [5.74, 6) is 1.01. The van der Waals surface area contributed by atoms with Crippen LogP contribution in [0, 0.1) is 0 Å². The van der Waals surface area contributed by atoms with Crippen molar-refractivity contribution >= 4 is 16.6 Å². The zero-order chi connectivity index (χ0) is 21.4. The zero-order valence-corrected chi connectivity index (χ0v) is 17.9. The van der Waals surface area contributed by atoms with Crippen molar-refractivity contribution in [1.29, 1.82) is 0 Å². The largest absolute Gasteiger partial charge is 0.507 e. The van der Waals surface area contributed by atoms with Crippen LogP contribution >= 0.6 is 0 Å². The van der Waals surface area contributed by atoms with Crippen molar-refractivity contribution in [3.05, 3.63) is 60.9 Å². The summed E-state index contributed by atoms with van der Waals surface area (Å²) in [5.41, 5.74) is 3.42. The predicted molar refractivity (Wildman–Crippen MR) is 125 cm³/mol. The van der Waals surface area contributed by atoms with Gasteiger partial charge in [0, 0.05) is 48.4 Å². The number of nitrogens with zero attached hydrogens (tertiary/aromatic N) is 4. The Morgan fingerprint density at radius 2 is 1.84 bits per heavy atom. The van der Waals surface area contributed by atoms with E-state index in [4.69, 9.17) is 0 Å². The third-order valence-corrected chi connectivity index (χ3v) is 6.07. The third kappa shape index (κ3) is 3.86. The minimum absolute atomic E-state index is 0.204. The summed E-state index contributed by atoms with van der Waals surface area (Å²) in [6.45, 7) is 2.14. The number of hydrogen-bond acceptors (Lipinski definition) is 5. The fourth-order valence-electron chi connectivity index (χ4n) is 4.47. The molecule has 6 nitrogen and oxygen atoms in total. The summed E-state index contributed by atoms with van der Waals surface area (Å²) < 4.78 is 2.00. The molecule has 0 aliphatic carbocycles. The molecule has 1 saturated heterocycles. The molecule has 0 saturated carbocycles. The molecule has 3 heterocycles. The fraction of sp³-hybridized carbons (Fsp3) is 0.280. The van der Waals surface area contributed by atoms with Gasteiger partial charge in [0.05, 0.1) is 0 Å². The Morgan fingerprint density at radius 3 is 2.58 bits per heavy atom. The second kappa shape index (κ2) is 8.04. The number of phenolic OH excluding ortho intramolecular Hbond substituents is 1. The summed E-state index contributed by atoms with van der Waals surface area (Å²) in [5, 5.41) is 25.5. The van der Waals surface area contributed by atoms with Gasteiger partial charge in [-0.25, -0.2) is 0 Å². The second-order valence-corrected chi connectivity index (χ2v) is 8.49. The quantitative estimate of drug-likeness (QED) is 0.515. The molecule has 1 aliphatic heterocycles. The van der Waals surface area contributed by atoms with Gasteiger partial charge in [-0.15, -0.1) is 10.2 Å². The molecule has 6 heteroatoms. The number of likely N-dealkylation sites (N-methyl/N-ethyl adjacent to an activating group) is 1. The molecule has 0 amide bonds. The van der Waals surface area contributed by atoms with E-state index in [1.54, 1.807) is 6.07 Å². The molecule has 1 aliphatic rings. The standard InChI is InChI=1S/C25H27N5O/c1-29-12-5-6-19(16-29)26-25-21-8-4-3-7-20(21)24(27-28-25)22-10-9-17(14-23(22)31)18-11-13-30(2)15-18/h3-4,7-11,13-15,19,31H,5-6,12,16H2,1-2H3,(H,26,28)/t19-/m1/s1. The maximum Gasteiger partial charge on any atom is 0.156 e. The molecule has 31 heavy (non-hydrogen) atoms. The van der Waals surface area contributed by atoms with Crippen LogP contribution in [0.1, 0.15) is 12.8 Å². The van der Waals surface area contributed by atoms with Crippen LogP contribution in [0.2, 0.25) is 0 Å². The van der Waals surface area contributed by atoms with E-state index in [-0.39, 0.29) is 5.75 Å². The second-order valence-electron chi connectivity index (χ2n) is 8.49. The van der Waals surface area contributed by atoms with Crippen LogP contribution in [0.3, 0.4) is 0 Å². The van der Waals surface area contributed by atoms with Crippen molar-refractivity contribution in [3.8, 4) is 28.1 Å². The van der Waals surface area contributed by atoms with Crippen LogP contribution < -0.4 is 5.32 Å². The fourth-order valence-corrected chi connectivity index (χ4v) is 4.47. The Bertz CT molecular complexity index is 1230. The molecule has 1 atom stereocenters. The predicted octanol–water partition coefficient (Wildman–Crippen LogP) is 4.51. The molecule has 1 fully saturated rings. The lowest BCUT2D eigenvalue weighted by Crippen LogP contribution is -2.40. The summed E-state index contributed by atoms with van der Waals surface area (Å²) in [6, 6.07) is 16.3. The van der Waals surface area contributed by atoms with Gasteiger partial charge in [0.25, 0.3) is 0 Å². The van der Waals surface area contributed by atoms with E-state index in [0.29, 0.717) is 17.3 Å². The van der Waals surface area contributed by atoms with Crippen LogP contribution in [0.15, 0.2) is 60.9 Å². The van der Waals surface area contributed by atoms with Gasteiger partial charge in [-0.1, -0.05) is 30.3 Å². The van der Waals surface area contributed by atoms with Gasteiger partial charge in [0.2, 0.25) is 0 Å². The van der Waals surface area contributed by atoms with Crippen molar-refractivity contribution in [1.82, 2.24) is 19.7 Å². The Kier molecular flexibility index (Phi) is 5.08. The minimum atomic E-state index is 0.204. The molecule has 158 valence electrons. The van der Waals surface area contributed by atoms with Crippen LogP contribution in [0.25, 0.3) is 33.2 Å². The van der Waals surface area contributed by atoms with E-state index in [1.165, 1.54) is 6.42 Å². The van der Waals surface area contributed by atoms with E-state index in [0.717, 1.165) is 47.2 Å². The van der Waals surface area contributed by atoms with Gasteiger partial charge in [0.1, 0.15) is 11.4 Å². The monoisotopic (exact) mass is 413 g/mol. The number of nitrogens with one attached hydrogen (secondary N) is 1. The molecule has 2 aromatic carbocycles. The number of anilines is 1. The number of aryl methyl sites for hydroxylation is 1. The first-order valence-corrected chi connectivity index (χ1v) is 10.7. The Labute approximate surface area is 182 Å². The smallest absolute Gasteiger partial charge is 0.156 e. The Balaban J connectivity index is 1.52. The van der Waals surface area contributed by atoms with Crippen molar-refractivity contribution < 1.29 is 5.11 Å². The first-order chi connectivity index (χ1) is 15.1. The van der Waals surface area contributed by atoms with Gasteiger partial charge in [-0.3, -0.25) is 0 Å². The highest BCUT2D eigenvalue weighted by Crippen LogP contribution is 2.37. The highest BCUT2D eigenvalue weighted by molar-refractivity contribution is 6.01. The van der Waals surface area contributed by atoms with E-state index < -0.39 is 0 Å². The van der Waals surface area contributed by atoms with Crippen molar-refractivity contribution in [2.75, 3.05) is 25.5 Å². The topological polar surface area (TPSA) is 66.2 Å². The maximum atomic E-state index is 10.8. The first-order valence-electron chi connectivity index (χ1n) is 10.7. The molecule has 0 unspecified atom stereocenters. The van der Waals surface area contributed by atoms with Gasteiger partial charge >= 0.3 is 0 Å². The Morgan fingerprint density at radius 1 is 1.00 bits per heavy atom. The highest BCUT2D eigenvalue weighted by Gasteiger charge is 2.20. The summed E-state index contributed by atoms with van der Waals surface area (Å²) >= 11 is 0. The van der Waals surface area contributed by atoms with Crippen LogP contribution in [-0.4, -0.2) is 50.9 Å². The van der Waals surface area contributed by atoms with E-state index in [1.807, 2.05) is 60.4 Å². The third-order valence-electron chi connectivity index (χ3n) is 6.07. The molecular weight excluding hydrogens is 386 g/mol. The van der Waals surface area contributed by atoms with Gasteiger partial charge in [-0.05, 0) is 55.8 Å². The summed E-state index contributed by atoms with van der Waals surface area (Å²) in [7, 11) is 4.14. The van der Waals surface area contributed by atoms with E-state index >= 15 is 0 Å². The number of piperidine rings is 1. The first kappa shape index (κ1) is 19.6. The number of aromatic hydroxyl groups is 1. The highest BCUT2D eigenvalue weighted by atomic mass is 16.3. The maximum absolute atomic E-state index is 10.8. The number of aromatic nitrogens is 3. The number of likely N-dealkylation sites (tertiary alicyclic amines) is 1. The SMILES string of the molecule is CN1CCC[C@@H](Nc2nnc(-c3ccc(-c4ccn(C)c4)cc3O)c3ccccc23)C1. The van der Waals surface area contributed by atoms with Gasteiger partial charge in [-0.2, -0.15) is 0 Å². The zero-order valence-electron chi connectivity index (χ0n) is 17.9. The average Bonchev–Trinajstić information content (AvgIpc) is 3.21. The van der Waals surface area contributed by atoms with Gasteiger partial charge < -0.3 is 19.9 Å². The lowest BCUT2D eigenvalue weighted by atomic mass is 10.00. The molecular formula is C25H27N5O. The summed E-state index contributed by atoms with van der Waals surface area (Å²) in [6.07, 6.45) is 6.34. The van der Waals surface area contributed by atoms with Crippen molar-refractivity contribution in [3.63, 3.8) is 0 Å². The molecule has 4 aromatic rings. The number of hydrogen-bond donors (Lipinski definition) is 2. The minimum Gasteiger partial charge on any atom is -0.507 e. The van der Waals surface area contributed by atoms with Crippen molar-refractivity contribution in [2.45, 2.75) is 18.9 Å². The number of fused-ring (bicyclic) bond motifs is 1. The van der Waals surface area contributed by atoms with Crippen LogP contribution in [0.5, 0.6) is 5.75 Å². The van der Waals surface area contributed by atoms with Crippen LogP contribution in [-0.2, 0) is 7.05 Å². The van der Waals surface area contributed by atoms with E-state index in [9.17, 15) is 5.11 Å². The van der Waals surface area contributed by atoms with Crippen molar-refractivity contribution in [2.24, 2.45) is 7.05 Å². The molecule has 2 aromatic heterocycles. The number of rotatable bonds is 4. The van der Waals surface area contributed by atoms with Gasteiger partial charge in [0.15, 0.2) is 5.82 Å². The molecule has 0 spiro atoms. The molecule has 5 rings (SSSR count). The molecule has 2 N–H and O–H groups in total. The van der Waals surface area contributed by atoms with E-state index in [2.05, 4.69) is 33.5 Å². The summed E-state index contributed by atoms with van der Waals surface area (Å²) in [4.78, 5) is 2.34. The Hall–Kier alpha value is -3.38. The molecule has 0 radical (unpaired) electrons. The van der Waals surface area contributed by atoms with Crippen LogP contribution in [0.4, 0.5) is 5.82 Å². The normalized spacial score (nSPS) is 17.2. The average molecular weight is 414 g/mol. The number of phenols is 1. The molecule has 0 bridgehead atoms.